The SMILES string of the molecule is O=c1c2cc([N+](=O)[O-])ccc2ncn1CC1(CS)CCC1. The third-order valence-electron chi connectivity index (χ3n) is 4.27. The van der Waals surface area contributed by atoms with E-state index in [1.807, 2.05) is 0 Å². The third-order valence-corrected chi connectivity index (χ3v) is 4.94. The molecule has 1 aliphatic carbocycles. The first kappa shape index (κ1) is 14.1. The zero-order valence-corrected chi connectivity index (χ0v) is 12.3. The number of nitro groups is 1. The van der Waals surface area contributed by atoms with Gasteiger partial charge in [-0.3, -0.25) is 19.5 Å². The quantitative estimate of drug-likeness (QED) is 0.534. The van der Waals surface area contributed by atoms with Gasteiger partial charge < -0.3 is 0 Å². The molecule has 2 aromatic rings. The summed E-state index contributed by atoms with van der Waals surface area (Å²) in [6.07, 6.45) is 4.79. The molecule has 1 aliphatic rings. The van der Waals surface area contributed by atoms with Crippen molar-refractivity contribution in [1.82, 2.24) is 9.55 Å². The smallest absolute Gasteiger partial charge is 0.270 e. The van der Waals surface area contributed by atoms with Gasteiger partial charge in [-0.15, -0.1) is 0 Å². The lowest BCUT2D eigenvalue weighted by molar-refractivity contribution is -0.384. The average Bonchev–Trinajstić information content (AvgIpc) is 2.44. The lowest BCUT2D eigenvalue weighted by atomic mass is 9.70. The fraction of sp³-hybridized carbons (Fsp3) is 0.429. The maximum Gasteiger partial charge on any atom is 0.270 e. The van der Waals surface area contributed by atoms with Gasteiger partial charge in [0.25, 0.3) is 11.2 Å². The lowest BCUT2D eigenvalue weighted by Crippen LogP contribution is -2.39. The fourth-order valence-corrected chi connectivity index (χ4v) is 3.19. The van der Waals surface area contributed by atoms with Crippen LogP contribution in [0.25, 0.3) is 10.9 Å². The highest BCUT2D eigenvalue weighted by molar-refractivity contribution is 7.80. The van der Waals surface area contributed by atoms with E-state index in [4.69, 9.17) is 0 Å². The van der Waals surface area contributed by atoms with Crippen molar-refractivity contribution in [3.05, 3.63) is 45.0 Å². The van der Waals surface area contributed by atoms with Crippen LogP contribution < -0.4 is 5.56 Å². The van der Waals surface area contributed by atoms with Crippen LogP contribution in [0.3, 0.4) is 0 Å². The summed E-state index contributed by atoms with van der Waals surface area (Å²) in [6, 6.07) is 4.17. The predicted octanol–water partition coefficient (Wildman–Crippen LogP) is 2.40. The maximum atomic E-state index is 12.5. The highest BCUT2D eigenvalue weighted by Gasteiger charge is 2.36. The van der Waals surface area contributed by atoms with E-state index in [9.17, 15) is 14.9 Å². The van der Waals surface area contributed by atoms with Gasteiger partial charge in [0.05, 0.1) is 22.2 Å². The number of non-ortho nitro benzene ring substituents is 1. The van der Waals surface area contributed by atoms with Crippen LogP contribution in [0.5, 0.6) is 0 Å². The Morgan fingerprint density at radius 3 is 2.76 bits per heavy atom. The summed E-state index contributed by atoms with van der Waals surface area (Å²) >= 11 is 4.39. The topological polar surface area (TPSA) is 78.0 Å². The molecule has 6 nitrogen and oxygen atoms in total. The number of hydrogen-bond donors (Lipinski definition) is 1. The molecule has 1 saturated carbocycles. The van der Waals surface area contributed by atoms with Crippen LogP contribution in [0.15, 0.2) is 29.3 Å². The molecule has 0 amide bonds. The van der Waals surface area contributed by atoms with Crippen LogP contribution in [-0.2, 0) is 6.54 Å². The summed E-state index contributed by atoms with van der Waals surface area (Å²) in [6.45, 7) is 0.570. The molecule has 0 atom stereocenters. The largest absolute Gasteiger partial charge is 0.298 e. The van der Waals surface area contributed by atoms with Crippen LogP contribution in [0.1, 0.15) is 19.3 Å². The standard InChI is InChI=1S/C14H15N3O3S/c18-13-11-6-10(17(19)20)2-3-12(11)15-9-16(13)7-14(8-21)4-1-5-14/h2-3,6,9,21H,1,4-5,7-8H2. The minimum atomic E-state index is -0.503. The zero-order chi connectivity index (χ0) is 15.0. The average molecular weight is 305 g/mol. The summed E-state index contributed by atoms with van der Waals surface area (Å²) in [5.41, 5.74) is 0.224. The summed E-state index contributed by atoms with van der Waals surface area (Å²) < 4.78 is 1.56. The second-order valence-corrected chi connectivity index (χ2v) is 5.96. The number of benzene rings is 1. The number of hydrogen-bond acceptors (Lipinski definition) is 5. The number of thiol groups is 1. The normalized spacial score (nSPS) is 16.6. The van der Waals surface area contributed by atoms with Gasteiger partial charge >= 0.3 is 0 Å². The summed E-state index contributed by atoms with van der Waals surface area (Å²) in [5, 5.41) is 11.1. The molecule has 0 saturated heterocycles. The fourth-order valence-electron chi connectivity index (χ4n) is 2.78. The molecule has 0 radical (unpaired) electrons. The van der Waals surface area contributed by atoms with Crippen molar-refractivity contribution < 1.29 is 4.92 Å². The van der Waals surface area contributed by atoms with Crippen molar-refractivity contribution in [2.75, 3.05) is 5.75 Å². The maximum absolute atomic E-state index is 12.5. The Morgan fingerprint density at radius 2 is 2.19 bits per heavy atom. The highest BCUT2D eigenvalue weighted by Crippen LogP contribution is 2.42. The van der Waals surface area contributed by atoms with E-state index in [-0.39, 0.29) is 16.7 Å². The Morgan fingerprint density at radius 1 is 1.43 bits per heavy atom. The number of rotatable bonds is 4. The van der Waals surface area contributed by atoms with E-state index in [1.165, 1.54) is 24.5 Å². The van der Waals surface area contributed by atoms with Crippen LogP contribution in [0, 0.1) is 15.5 Å². The van der Waals surface area contributed by atoms with Crippen LogP contribution in [-0.4, -0.2) is 20.2 Å². The van der Waals surface area contributed by atoms with Crippen molar-refractivity contribution in [3.8, 4) is 0 Å². The van der Waals surface area contributed by atoms with Crippen LogP contribution >= 0.6 is 12.6 Å². The van der Waals surface area contributed by atoms with Crippen LogP contribution in [0.2, 0.25) is 0 Å². The molecule has 1 heterocycles. The molecule has 1 aromatic heterocycles. The van der Waals surface area contributed by atoms with Crippen molar-refractivity contribution in [2.24, 2.45) is 5.41 Å². The number of aromatic nitrogens is 2. The lowest BCUT2D eigenvalue weighted by Gasteiger charge is -2.41. The van der Waals surface area contributed by atoms with Gasteiger partial charge in [-0.25, -0.2) is 4.98 Å². The predicted molar refractivity (Wildman–Crippen MR) is 82.8 cm³/mol. The minimum absolute atomic E-state index is 0.0585. The van der Waals surface area contributed by atoms with Gasteiger partial charge in [-0.05, 0) is 30.1 Å². The zero-order valence-electron chi connectivity index (χ0n) is 11.4. The Bertz CT molecular complexity index is 762. The van der Waals surface area contributed by atoms with Gasteiger partial charge in [-0.2, -0.15) is 12.6 Å². The Balaban J connectivity index is 2.06. The molecular formula is C14H15N3O3S. The minimum Gasteiger partial charge on any atom is -0.298 e. The summed E-state index contributed by atoms with van der Waals surface area (Å²) in [5.74, 6) is 0.729. The Hall–Kier alpha value is -1.89. The first-order valence-corrected chi connectivity index (χ1v) is 7.42. The molecular weight excluding hydrogens is 290 g/mol. The second kappa shape index (κ2) is 5.14. The number of fused-ring (bicyclic) bond motifs is 1. The Labute approximate surface area is 126 Å². The van der Waals surface area contributed by atoms with Gasteiger partial charge in [0.1, 0.15) is 0 Å². The molecule has 0 N–H and O–H groups in total. The number of nitrogens with zero attached hydrogens (tertiary/aromatic N) is 3. The molecule has 21 heavy (non-hydrogen) atoms. The molecule has 110 valence electrons. The van der Waals surface area contributed by atoms with E-state index in [1.54, 1.807) is 4.57 Å². The molecule has 7 heteroatoms. The molecule has 0 aliphatic heterocycles. The third kappa shape index (κ3) is 2.42. The van der Waals surface area contributed by atoms with E-state index < -0.39 is 4.92 Å². The van der Waals surface area contributed by atoms with Crippen LogP contribution in [0.4, 0.5) is 5.69 Å². The molecule has 1 fully saturated rings. The molecule has 1 aromatic carbocycles. The highest BCUT2D eigenvalue weighted by atomic mass is 32.1. The summed E-state index contributed by atoms with van der Waals surface area (Å²) in [4.78, 5) is 27.1. The van der Waals surface area contributed by atoms with Gasteiger partial charge in [0, 0.05) is 18.7 Å². The first-order valence-electron chi connectivity index (χ1n) is 6.79. The molecule has 0 unspecified atom stereocenters. The van der Waals surface area contributed by atoms with E-state index in [0.717, 1.165) is 25.0 Å². The van der Waals surface area contributed by atoms with Crippen molar-refractivity contribution in [2.45, 2.75) is 25.8 Å². The van der Waals surface area contributed by atoms with Crippen molar-refractivity contribution in [3.63, 3.8) is 0 Å². The summed E-state index contributed by atoms with van der Waals surface area (Å²) in [7, 11) is 0. The number of nitro benzene ring substituents is 1. The van der Waals surface area contributed by atoms with E-state index >= 15 is 0 Å². The molecule has 0 spiro atoms. The van der Waals surface area contributed by atoms with E-state index in [0.29, 0.717) is 17.4 Å². The second-order valence-electron chi connectivity index (χ2n) is 5.65. The van der Waals surface area contributed by atoms with Gasteiger partial charge in [0.15, 0.2) is 0 Å². The van der Waals surface area contributed by atoms with Crippen molar-refractivity contribution >= 4 is 29.2 Å². The molecule has 3 rings (SSSR count). The van der Waals surface area contributed by atoms with Crippen molar-refractivity contribution in [1.29, 1.82) is 0 Å². The molecule has 0 bridgehead atoms. The van der Waals surface area contributed by atoms with Gasteiger partial charge in [-0.1, -0.05) is 6.42 Å². The van der Waals surface area contributed by atoms with E-state index in [2.05, 4.69) is 17.6 Å². The Kier molecular flexibility index (Phi) is 3.44. The van der Waals surface area contributed by atoms with Gasteiger partial charge in [0.2, 0.25) is 0 Å². The first-order chi connectivity index (χ1) is 10.0. The monoisotopic (exact) mass is 305 g/mol.